The molecule has 2 atom stereocenters. The Morgan fingerprint density at radius 2 is 2.19 bits per heavy atom. The largest absolute Gasteiger partial charge is 0.376 e. The van der Waals surface area contributed by atoms with E-state index < -0.39 is 0 Å². The van der Waals surface area contributed by atoms with E-state index in [0.717, 1.165) is 18.7 Å². The molecule has 3 N–H and O–H groups in total. The van der Waals surface area contributed by atoms with Crippen LogP contribution in [0.25, 0.3) is 0 Å². The van der Waals surface area contributed by atoms with Gasteiger partial charge in [-0.15, -0.1) is 0 Å². The van der Waals surface area contributed by atoms with E-state index in [1.54, 1.807) is 0 Å². The van der Waals surface area contributed by atoms with Gasteiger partial charge in [0.15, 0.2) is 0 Å². The second kappa shape index (κ2) is 9.82. The molecule has 0 aliphatic heterocycles. The maximum atomic E-state index is 5.75. The summed E-state index contributed by atoms with van der Waals surface area (Å²) in [6, 6.07) is 0.411. The quantitative estimate of drug-likeness (QED) is 0.444. The summed E-state index contributed by atoms with van der Waals surface area (Å²) in [6.07, 6.45) is 2.44. The van der Waals surface area contributed by atoms with E-state index in [-0.39, 0.29) is 0 Å². The average molecular weight is 228 g/mol. The van der Waals surface area contributed by atoms with Gasteiger partial charge in [0.25, 0.3) is 0 Å². The third-order valence-electron chi connectivity index (χ3n) is 2.69. The molecule has 0 aromatic heterocycles. The normalized spacial score (nSPS) is 14.8. The summed E-state index contributed by atoms with van der Waals surface area (Å²) < 4.78 is 5.43. The minimum Gasteiger partial charge on any atom is -0.376 e. The van der Waals surface area contributed by atoms with Crippen molar-refractivity contribution in [3.05, 3.63) is 12.2 Å². The summed E-state index contributed by atoms with van der Waals surface area (Å²) in [6.45, 7) is 13.2. The summed E-state index contributed by atoms with van der Waals surface area (Å²) in [7, 11) is 0. The predicted octanol–water partition coefficient (Wildman–Crippen LogP) is 1.93. The maximum Gasteiger partial charge on any atom is 0.0672 e. The molecule has 3 nitrogen and oxygen atoms in total. The fourth-order valence-electron chi connectivity index (χ4n) is 1.74. The third kappa shape index (κ3) is 7.85. The molecule has 0 bridgehead atoms. The van der Waals surface area contributed by atoms with E-state index >= 15 is 0 Å². The van der Waals surface area contributed by atoms with Crippen molar-refractivity contribution >= 4 is 0 Å². The highest BCUT2D eigenvalue weighted by molar-refractivity contribution is 4.87. The lowest BCUT2D eigenvalue weighted by Gasteiger charge is -2.23. The molecule has 0 aliphatic carbocycles. The molecule has 0 aliphatic rings. The van der Waals surface area contributed by atoms with Crippen LogP contribution in [0.5, 0.6) is 0 Å². The van der Waals surface area contributed by atoms with Crippen molar-refractivity contribution in [2.75, 3.05) is 26.3 Å². The molecule has 0 aromatic carbocycles. The first-order chi connectivity index (χ1) is 7.61. The molecule has 0 amide bonds. The lowest BCUT2D eigenvalue weighted by molar-refractivity contribution is 0.152. The second-order valence-electron chi connectivity index (χ2n) is 4.57. The zero-order chi connectivity index (χ0) is 12.4. The van der Waals surface area contributed by atoms with Gasteiger partial charge in [0.05, 0.1) is 13.2 Å². The summed E-state index contributed by atoms with van der Waals surface area (Å²) in [4.78, 5) is 0. The Morgan fingerprint density at radius 3 is 2.69 bits per heavy atom. The van der Waals surface area contributed by atoms with Gasteiger partial charge in [-0.3, -0.25) is 0 Å². The molecule has 3 heteroatoms. The molecule has 0 spiro atoms. The Bertz CT molecular complexity index is 183. The molecule has 2 unspecified atom stereocenters. The number of hydrogen-bond acceptors (Lipinski definition) is 3. The lowest BCUT2D eigenvalue weighted by atomic mass is 9.97. The van der Waals surface area contributed by atoms with Crippen LogP contribution in [-0.4, -0.2) is 32.3 Å². The second-order valence-corrected chi connectivity index (χ2v) is 4.57. The Kier molecular flexibility index (Phi) is 9.59. The molecule has 0 aromatic rings. The molecule has 0 heterocycles. The molecule has 0 fully saturated rings. The fourth-order valence-corrected chi connectivity index (χ4v) is 1.74. The van der Waals surface area contributed by atoms with E-state index in [4.69, 9.17) is 10.5 Å². The van der Waals surface area contributed by atoms with Gasteiger partial charge in [0.1, 0.15) is 0 Å². The van der Waals surface area contributed by atoms with Gasteiger partial charge in [0, 0.05) is 19.1 Å². The van der Waals surface area contributed by atoms with Crippen LogP contribution in [-0.2, 0) is 4.74 Å². The first-order valence-corrected chi connectivity index (χ1v) is 6.27. The molecule has 96 valence electrons. The van der Waals surface area contributed by atoms with E-state index in [1.165, 1.54) is 12.8 Å². The van der Waals surface area contributed by atoms with Crippen molar-refractivity contribution in [2.24, 2.45) is 11.7 Å². The predicted molar refractivity (Wildman–Crippen MR) is 70.6 cm³/mol. The Labute approximate surface area is 100 Å². The highest BCUT2D eigenvalue weighted by atomic mass is 16.5. The topological polar surface area (TPSA) is 47.3 Å². The number of rotatable bonds is 10. The van der Waals surface area contributed by atoms with Crippen LogP contribution in [0.2, 0.25) is 0 Å². The lowest BCUT2D eigenvalue weighted by Crippen LogP contribution is -2.42. The van der Waals surface area contributed by atoms with Crippen molar-refractivity contribution in [1.82, 2.24) is 5.32 Å². The van der Waals surface area contributed by atoms with Crippen LogP contribution in [0.1, 0.15) is 33.6 Å². The van der Waals surface area contributed by atoms with Gasteiger partial charge in [-0.05, 0) is 19.3 Å². The summed E-state index contributed by atoms with van der Waals surface area (Å²) >= 11 is 0. The van der Waals surface area contributed by atoms with Crippen molar-refractivity contribution in [3.63, 3.8) is 0 Å². The monoisotopic (exact) mass is 228 g/mol. The molecule has 0 radical (unpaired) electrons. The highest BCUT2D eigenvalue weighted by Gasteiger charge is 2.13. The highest BCUT2D eigenvalue weighted by Crippen LogP contribution is 2.09. The molecule has 16 heavy (non-hydrogen) atoms. The van der Waals surface area contributed by atoms with Crippen LogP contribution in [0.3, 0.4) is 0 Å². The fraction of sp³-hybridized carbons (Fsp3) is 0.846. The summed E-state index contributed by atoms with van der Waals surface area (Å²) in [5, 5.41) is 3.45. The van der Waals surface area contributed by atoms with Crippen molar-refractivity contribution < 1.29 is 4.74 Å². The van der Waals surface area contributed by atoms with Gasteiger partial charge in [-0.2, -0.15) is 0 Å². The SMILES string of the molecule is C=C(C)COCCNC(CN)C(C)CCC. The Morgan fingerprint density at radius 1 is 1.50 bits per heavy atom. The van der Waals surface area contributed by atoms with Crippen molar-refractivity contribution in [3.8, 4) is 0 Å². The first-order valence-electron chi connectivity index (χ1n) is 6.27. The van der Waals surface area contributed by atoms with Crippen molar-refractivity contribution in [1.29, 1.82) is 0 Å². The van der Waals surface area contributed by atoms with Gasteiger partial charge in [-0.1, -0.05) is 32.4 Å². The van der Waals surface area contributed by atoms with Crippen molar-refractivity contribution in [2.45, 2.75) is 39.7 Å². The van der Waals surface area contributed by atoms with Crippen LogP contribution >= 0.6 is 0 Å². The molecular weight excluding hydrogens is 200 g/mol. The minimum atomic E-state index is 0.411. The standard InChI is InChI=1S/C13H28N2O/c1-5-6-12(4)13(9-14)15-7-8-16-10-11(2)3/h12-13,15H,2,5-10,14H2,1,3-4H3. The zero-order valence-electron chi connectivity index (χ0n) is 11.1. The smallest absolute Gasteiger partial charge is 0.0672 e. The van der Waals surface area contributed by atoms with E-state index in [9.17, 15) is 0 Å². The number of hydrogen-bond donors (Lipinski definition) is 2. The molecule has 0 saturated heterocycles. The molecule has 0 rings (SSSR count). The van der Waals surface area contributed by atoms with Gasteiger partial charge in [-0.25, -0.2) is 0 Å². The van der Waals surface area contributed by atoms with E-state index in [0.29, 0.717) is 25.1 Å². The van der Waals surface area contributed by atoms with Crippen LogP contribution in [0.4, 0.5) is 0 Å². The van der Waals surface area contributed by atoms with Crippen LogP contribution in [0, 0.1) is 5.92 Å². The summed E-state index contributed by atoms with van der Waals surface area (Å²) in [5.41, 5.74) is 6.81. The first kappa shape index (κ1) is 15.6. The molecule has 0 saturated carbocycles. The third-order valence-corrected chi connectivity index (χ3v) is 2.69. The number of nitrogens with two attached hydrogens (primary N) is 1. The Balaban J connectivity index is 3.58. The zero-order valence-corrected chi connectivity index (χ0v) is 11.1. The van der Waals surface area contributed by atoms with E-state index in [1.807, 2.05) is 6.92 Å². The van der Waals surface area contributed by atoms with E-state index in [2.05, 4.69) is 25.7 Å². The molecular formula is C13H28N2O. The average Bonchev–Trinajstić information content (AvgIpc) is 2.23. The van der Waals surface area contributed by atoms with Gasteiger partial charge >= 0.3 is 0 Å². The summed E-state index contributed by atoms with van der Waals surface area (Å²) in [5.74, 6) is 0.635. The Hall–Kier alpha value is -0.380. The van der Waals surface area contributed by atoms with Gasteiger partial charge < -0.3 is 15.8 Å². The number of ether oxygens (including phenoxy) is 1. The van der Waals surface area contributed by atoms with Crippen LogP contribution < -0.4 is 11.1 Å². The van der Waals surface area contributed by atoms with Gasteiger partial charge in [0.2, 0.25) is 0 Å². The minimum absolute atomic E-state index is 0.411. The van der Waals surface area contributed by atoms with Crippen LogP contribution in [0.15, 0.2) is 12.2 Å². The maximum absolute atomic E-state index is 5.75. The number of nitrogens with one attached hydrogen (secondary N) is 1.